The molecule has 0 spiro atoms. The highest BCUT2D eigenvalue weighted by molar-refractivity contribution is 5.91. The predicted molar refractivity (Wildman–Crippen MR) is 115 cm³/mol. The van der Waals surface area contributed by atoms with Gasteiger partial charge in [-0.15, -0.1) is 0 Å². The third-order valence-electron chi connectivity index (χ3n) is 4.82. The van der Waals surface area contributed by atoms with Gasteiger partial charge in [-0.05, 0) is 25.1 Å². The molecule has 0 saturated heterocycles. The number of carbonyl (C=O) groups is 3. The lowest BCUT2D eigenvalue weighted by Crippen LogP contribution is -2.51. The van der Waals surface area contributed by atoms with Crippen molar-refractivity contribution in [3.63, 3.8) is 0 Å². The van der Waals surface area contributed by atoms with E-state index in [-0.39, 0.29) is 18.4 Å². The van der Waals surface area contributed by atoms with Crippen LogP contribution in [0.3, 0.4) is 0 Å². The van der Waals surface area contributed by atoms with E-state index in [1.807, 2.05) is 67.6 Å². The molecule has 160 valence electrons. The summed E-state index contributed by atoms with van der Waals surface area (Å²) in [5.74, 6) is -1.24. The molecule has 0 unspecified atom stereocenters. The lowest BCUT2D eigenvalue weighted by atomic mass is 10.0. The fourth-order valence-corrected chi connectivity index (χ4v) is 3.09. The Morgan fingerprint density at radius 1 is 0.900 bits per heavy atom. The number of ether oxygens (including phenoxy) is 1. The van der Waals surface area contributed by atoms with E-state index in [0.29, 0.717) is 6.42 Å². The third-order valence-corrected chi connectivity index (χ3v) is 4.82. The summed E-state index contributed by atoms with van der Waals surface area (Å²) in [5.41, 5.74) is 1.87. The molecule has 0 bridgehead atoms. The molecule has 3 atom stereocenters. The zero-order valence-electron chi connectivity index (χ0n) is 17.6. The molecule has 0 heterocycles. The summed E-state index contributed by atoms with van der Waals surface area (Å²) in [7, 11) is 2.88. The topological polar surface area (TPSA) is 96.5 Å². The minimum Gasteiger partial charge on any atom is -0.467 e. The minimum atomic E-state index is -0.841. The predicted octanol–water partition coefficient (Wildman–Crippen LogP) is 1.74. The molecule has 2 aromatic carbocycles. The monoisotopic (exact) mass is 411 g/mol. The first-order valence-corrected chi connectivity index (χ1v) is 9.88. The zero-order valence-corrected chi connectivity index (χ0v) is 17.6. The molecule has 0 fully saturated rings. The number of amides is 2. The van der Waals surface area contributed by atoms with Crippen LogP contribution >= 0.6 is 0 Å². The number of esters is 1. The van der Waals surface area contributed by atoms with E-state index in [0.717, 1.165) is 11.1 Å². The van der Waals surface area contributed by atoms with Gasteiger partial charge in [0.2, 0.25) is 11.8 Å². The van der Waals surface area contributed by atoms with Gasteiger partial charge in [0.25, 0.3) is 0 Å². The van der Waals surface area contributed by atoms with Crippen LogP contribution < -0.4 is 16.0 Å². The normalized spacial score (nSPS) is 13.6. The molecule has 0 aliphatic carbocycles. The molecule has 2 aromatic rings. The maximum Gasteiger partial charge on any atom is 0.328 e. The maximum atomic E-state index is 12.7. The largest absolute Gasteiger partial charge is 0.467 e. The molecule has 30 heavy (non-hydrogen) atoms. The fourth-order valence-electron chi connectivity index (χ4n) is 3.09. The van der Waals surface area contributed by atoms with Gasteiger partial charge in [0.15, 0.2) is 0 Å². The van der Waals surface area contributed by atoms with Crippen molar-refractivity contribution in [3.05, 3.63) is 71.8 Å². The molecule has 0 saturated carbocycles. The number of hydrogen-bond donors (Lipinski definition) is 3. The molecule has 2 rings (SSSR count). The quantitative estimate of drug-likeness (QED) is 0.518. The SMILES string of the molecule is CN[C@@H](CC(=O)N[C@H](C)c1ccccc1)C(=O)N[C@@H](Cc1ccccc1)C(=O)OC. The highest BCUT2D eigenvalue weighted by Crippen LogP contribution is 2.11. The third kappa shape index (κ3) is 7.00. The average molecular weight is 412 g/mol. The number of methoxy groups -OCH3 is 1. The van der Waals surface area contributed by atoms with E-state index in [9.17, 15) is 14.4 Å². The van der Waals surface area contributed by atoms with Crippen LogP contribution in [0.15, 0.2) is 60.7 Å². The van der Waals surface area contributed by atoms with E-state index in [2.05, 4.69) is 16.0 Å². The van der Waals surface area contributed by atoms with Crippen molar-refractivity contribution in [1.29, 1.82) is 0 Å². The Morgan fingerprint density at radius 2 is 1.50 bits per heavy atom. The average Bonchev–Trinajstić information content (AvgIpc) is 2.77. The molecule has 7 heteroatoms. The van der Waals surface area contributed by atoms with Gasteiger partial charge in [-0.25, -0.2) is 4.79 Å². The first kappa shape index (κ1) is 23.1. The van der Waals surface area contributed by atoms with Crippen molar-refractivity contribution in [2.45, 2.75) is 37.9 Å². The first-order chi connectivity index (χ1) is 14.4. The summed E-state index contributed by atoms with van der Waals surface area (Å²) in [6.07, 6.45) is 0.242. The number of likely N-dealkylation sites (N-methyl/N-ethyl adjacent to an activating group) is 1. The number of nitrogens with one attached hydrogen (secondary N) is 3. The second kappa shape index (κ2) is 11.7. The van der Waals surface area contributed by atoms with Gasteiger partial charge < -0.3 is 20.7 Å². The Balaban J connectivity index is 1.97. The van der Waals surface area contributed by atoms with Crippen molar-refractivity contribution in [2.24, 2.45) is 0 Å². The molecule has 7 nitrogen and oxygen atoms in total. The van der Waals surface area contributed by atoms with E-state index in [1.165, 1.54) is 7.11 Å². The summed E-state index contributed by atoms with van der Waals surface area (Å²) in [6, 6.07) is 17.1. The second-order valence-electron chi connectivity index (χ2n) is 7.02. The van der Waals surface area contributed by atoms with Crippen LogP contribution in [0.5, 0.6) is 0 Å². The molecule has 0 aliphatic rings. The number of hydrogen-bond acceptors (Lipinski definition) is 5. The van der Waals surface area contributed by atoms with E-state index >= 15 is 0 Å². The zero-order chi connectivity index (χ0) is 21.9. The Labute approximate surface area is 177 Å². The highest BCUT2D eigenvalue weighted by Gasteiger charge is 2.27. The Kier molecular flexibility index (Phi) is 9.03. The Morgan fingerprint density at radius 3 is 2.07 bits per heavy atom. The van der Waals surface area contributed by atoms with Crippen molar-refractivity contribution in [3.8, 4) is 0 Å². The van der Waals surface area contributed by atoms with Gasteiger partial charge in [-0.1, -0.05) is 60.7 Å². The minimum absolute atomic E-state index is 0.0568. The van der Waals surface area contributed by atoms with Crippen LogP contribution in [0.1, 0.15) is 30.5 Å². The summed E-state index contributed by atoms with van der Waals surface area (Å²) in [6.45, 7) is 1.88. The van der Waals surface area contributed by atoms with Crippen LogP contribution in [0, 0.1) is 0 Å². The molecule has 0 radical (unpaired) electrons. The smallest absolute Gasteiger partial charge is 0.328 e. The fraction of sp³-hybridized carbons (Fsp3) is 0.348. The summed E-state index contributed by atoms with van der Waals surface area (Å²) in [5, 5.41) is 8.44. The van der Waals surface area contributed by atoms with Crippen molar-refractivity contribution >= 4 is 17.8 Å². The van der Waals surface area contributed by atoms with Gasteiger partial charge in [-0.3, -0.25) is 9.59 Å². The van der Waals surface area contributed by atoms with Crippen LogP contribution in [-0.2, 0) is 25.5 Å². The summed E-state index contributed by atoms with van der Waals surface area (Å²) < 4.78 is 4.83. The molecule has 3 N–H and O–H groups in total. The van der Waals surface area contributed by atoms with Gasteiger partial charge in [0, 0.05) is 6.42 Å². The van der Waals surface area contributed by atoms with E-state index in [1.54, 1.807) is 7.05 Å². The lowest BCUT2D eigenvalue weighted by molar-refractivity contribution is -0.145. The molecule has 0 aromatic heterocycles. The summed E-state index contributed by atoms with van der Waals surface area (Å²) in [4.78, 5) is 37.3. The van der Waals surface area contributed by atoms with E-state index < -0.39 is 24.0 Å². The van der Waals surface area contributed by atoms with Crippen molar-refractivity contribution in [1.82, 2.24) is 16.0 Å². The van der Waals surface area contributed by atoms with Crippen LogP contribution in [0.25, 0.3) is 0 Å². The molecular weight excluding hydrogens is 382 g/mol. The van der Waals surface area contributed by atoms with Gasteiger partial charge >= 0.3 is 5.97 Å². The molecule has 2 amide bonds. The Bertz CT molecular complexity index is 827. The van der Waals surface area contributed by atoms with E-state index in [4.69, 9.17) is 4.74 Å². The molecular formula is C23H29N3O4. The highest BCUT2D eigenvalue weighted by atomic mass is 16.5. The van der Waals surface area contributed by atoms with Crippen LogP contribution in [0.4, 0.5) is 0 Å². The van der Waals surface area contributed by atoms with Gasteiger partial charge in [-0.2, -0.15) is 0 Å². The maximum absolute atomic E-state index is 12.7. The number of rotatable bonds is 10. The number of carbonyl (C=O) groups excluding carboxylic acids is 3. The Hall–Kier alpha value is -3.19. The number of benzene rings is 2. The molecule has 0 aliphatic heterocycles. The second-order valence-corrected chi connectivity index (χ2v) is 7.02. The first-order valence-electron chi connectivity index (χ1n) is 9.88. The van der Waals surface area contributed by atoms with Crippen LogP contribution in [0.2, 0.25) is 0 Å². The standard InChI is InChI=1S/C23H29N3O4/c1-16(18-12-8-5-9-13-18)25-21(27)15-19(24-2)22(28)26-20(23(29)30-3)14-17-10-6-4-7-11-17/h4-13,16,19-20,24H,14-15H2,1-3H3,(H,25,27)(H,26,28)/t16-,19+,20+/m1/s1. The lowest BCUT2D eigenvalue weighted by Gasteiger charge is -2.22. The van der Waals surface area contributed by atoms with Gasteiger partial charge in [0.05, 0.1) is 25.6 Å². The van der Waals surface area contributed by atoms with Gasteiger partial charge in [0.1, 0.15) is 6.04 Å². The van der Waals surface area contributed by atoms with Crippen molar-refractivity contribution < 1.29 is 19.1 Å². The summed E-state index contributed by atoms with van der Waals surface area (Å²) >= 11 is 0. The van der Waals surface area contributed by atoms with Crippen molar-refractivity contribution in [2.75, 3.05) is 14.2 Å². The van der Waals surface area contributed by atoms with Crippen LogP contribution in [-0.4, -0.2) is 44.0 Å².